The van der Waals surface area contributed by atoms with Crippen LogP contribution in [0, 0.1) is 13.8 Å². The first-order chi connectivity index (χ1) is 15.1. The van der Waals surface area contributed by atoms with Gasteiger partial charge < -0.3 is 15.0 Å². The zero-order valence-electron chi connectivity index (χ0n) is 19.0. The Labute approximate surface area is 186 Å². The number of hydrogen-bond donors (Lipinski definition) is 1. The van der Waals surface area contributed by atoms with E-state index in [0.29, 0.717) is 6.61 Å². The van der Waals surface area contributed by atoms with Crippen LogP contribution in [0.3, 0.4) is 0 Å². The van der Waals surface area contributed by atoms with Gasteiger partial charge in [-0.05, 0) is 68.5 Å². The second kappa shape index (κ2) is 9.67. The van der Waals surface area contributed by atoms with Gasteiger partial charge in [0, 0.05) is 44.3 Å². The summed E-state index contributed by atoms with van der Waals surface area (Å²) in [6.07, 6.45) is 5.02. The summed E-state index contributed by atoms with van der Waals surface area (Å²) >= 11 is 0. The van der Waals surface area contributed by atoms with Crippen LogP contribution in [0.15, 0.2) is 60.8 Å². The number of aryl methyl sites for hydroxylation is 2. The summed E-state index contributed by atoms with van der Waals surface area (Å²) in [5, 5.41) is 8.19. The third kappa shape index (κ3) is 4.53. The highest BCUT2D eigenvalue weighted by molar-refractivity contribution is 5.58. The van der Waals surface area contributed by atoms with Crippen molar-refractivity contribution in [1.82, 2.24) is 15.1 Å². The van der Waals surface area contributed by atoms with Crippen LogP contribution < -0.4 is 10.2 Å². The van der Waals surface area contributed by atoms with E-state index in [9.17, 15) is 0 Å². The van der Waals surface area contributed by atoms with Gasteiger partial charge >= 0.3 is 0 Å². The van der Waals surface area contributed by atoms with Gasteiger partial charge in [-0.3, -0.25) is 0 Å². The maximum absolute atomic E-state index is 5.79. The van der Waals surface area contributed by atoms with Gasteiger partial charge in [0.1, 0.15) is 0 Å². The molecule has 1 aliphatic heterocycles. The first kappa shape index (κ1) is 21.6. The Bertz CT molecular complexity index is 980. The van der Waals surface area contributed by atoms with Crippen LogP contribution >= 0.6 is 0 Å². The lowest BCUT2D eigenvalue weighted by atomic mass is 9.87. The van der Waals surface area contributed by atoms with E-state index in [0.717, 1.165) is 44.6 Å². The molecule has 1 aliphatic rings. The highest BCUT2D eigenvalue weighted by Crippen LogP contribution is 2.34. The van der Waals surface area contributed by atoms with Crippen molar-refractivity contribution < 1.29 is 4.74 Å². The SMILES string of the molecule is COCC1(CCCc2ccnn2-c2ccccc2)CNCCN1c1cccc(C)c1C. The van der Waals surface area contributed by atoms with Gasteiger partial charge in [-0.1, -0.05) is 30.3 Å². The number of anilines is 1. The first-order valence-corrected chi connectivity index (χ1v) is 11.3. The number of hydrogen-bond acceptors (Lipinski definition) is 4. The number of rotatable bonds is 8. The van der Waals surface area contributed by atoms with Crippen LogP contribution in [0.2, 0.25) is 0 Å². The minimum absolute atomic E-state index is 0.0524. The van der Waals surface area contributed by atoms with Crippen LogP contribution in [-0.2, 0) is 11.2 Å². The van der Waals surface area contributed by atoms with E-state index >= 15 is 0 Å². The van der Waals surface area contributed by atoms with Crippen molar-refractivity contribution >= 4 is 5.69 Å². The number of ether oxygens (including phenoxy) is 1. The van der Waals surface area contributed by atoms with Gasteiger partial charge in [0.15, 0.2) is 0 Å². The average molecular weight is 419 g/mol. The van der Waals surface area contributed by atoms with Crippen molar-refractivity contribution in [2.24, 2.45) is 0 Å². The topological polar surface area (TPSA) is 42.3 Å². The number of benzene rings is 2. The molecule has 1 aromatic heterocycles. The summed E-state index contributed by atoms with van der Waals surface area (Å²) in [5.41, 5.74) is 6.36. The van der Waals surface area contributed by atoms with Crippen molar-refractivity contribution in [1.29, 1.82) is 0 Å². The van der Waals surface area contributed by atoms with Crippen LogP contribution in [0.1, 0.15) is 29.7 Å². The van der Waals surface area contributed by atoms with Gasteiger partial charge in [-0.25, -0.2) is 4.68 Å². The largest absolute Gasteiger partial charge is 0.382 e. The molecule has 0 radical (unpaired) electrons. The highest BCUT2D eigenvalue weighted by Gasteiger charge is 2.39. The third-order valence-electron chi connectivity index (χ3n) is 6.62. The monoisotopic (exact) mass is 418 g/mol. The zero-order valence-corrected chi connectivity index (χ0v) is 19.0. The summed E-state index contributed by atoms with van der Waals surface area (Å²) in [6.45, 7) is 8.08. The van der Waals surface area contributed by atoms with Gasteiger partial charge in [0.25, 0.3) is 0 Å². The Balaban J connectivity index is 1.54. The number of aromatic nitrogens is 2. The molecule has 0 bridgehead atoms. The summed E-state index contributed by atoms with van der Waals surface area (Å²) in [5.74, 6) is 0. The molecule has 4 rings (SSSR count). The van der Waals surface area contributed by atoms with E-state index < -0.39 is 0 Å². The number of nitrogens with zero attached hydrogens (tertiary/aromatic N) is 3. The average Bonchev–Trinajstić information content (AvgIpc) is 3.26. The molecular weight excluding hydrogens is 384 g/mol. The van der Waals surface area contributed by atoms with E-state index in [1.165, 1.54) is 22.5 Å². The molecule has 1 N–H and O–H groups in total. The maximum atomic E-state index is 5.79. The van der Waals surface area contributed by atoms with Crippen LogP contribution in [-0.4, -0.2) is 48.7 Å². The molecule has 5 nitrogen and oxygen atoms in total. The number of piperazine rings is 1. The molecule has 0 aliphatic carbocycles. The number of para-hydroxylation sites is 1. The minimum atomic E-state index is -0.0524. The van der Waals surface area contributed by atoms with Crippen molar-refractivity contribution in [2.45, 2.75) is 38.6 Å². The molecule has 1 fully saturated rings. The fourth-order valence-corrected chi connectivity index (χ4v) is 4.86. The normalized spacial score (nSPS) is 19.0. The molecule has 1 unspecified atom stereocenters. The molecule has 5 heteroatoms. The smallest absolute Gasteiger partial charge is 0.0759 e. The second-order valence-corrected chi connectivity index (χ2v) is 8.63. The molecule has 2 aromatic carbocycles. The Morgan fingerprint density at radius 1 is 1.06 bits per heavy atom. The van der Waals surface area contributed by atoms with E-state index in [1.807, 2.05) is 19.4 Å². The van der Waals surface area contributed by atoms with Gasteiger partial charge in [0.2, 0.25) is 0 Å². The van der Waals surface area contributed by atoms with Crippen LogP contribution in [0.4, 0.5) is 5.69 Å². The number of methoxy groups -OCH3 is 1. The molecule has 0 saturated carbocycles. The highest BCUT2D eigenvalue weighted by atomic mass is 16.5. The van der Waals surface area contributed by atoms with Crippen LogP contribution in [0.5, 0.6) is 0 Å². The summed E-state index contributed by atoms with van der Waals surface area (Å²) in [6, 6.07) is 19.2. The molecule has 0 amide bonds. The Morgan fingerprint density at radius 2 is 1.90 bits per heavy atom. The van der Waals surface area contributed by atoms with E-state index in [-0.39, 0.29) is 5.54 Å². The molecule has 164 valence electrons. The molecule has 2 heterocycles. The standard InChI is InChI=1S/C26H34N4O/c1-21-9-7-13-25(22(21)2)29-18-17-27-19-26(29,20-31-3)15-8-12-24-14-16-28-30(24)23-10-5-4-6-11-23/h4-7,9-11,13-14,16,27H,8,12,15,17-20H2,1-3H3. The zero-order chi connectivity index (χ0) is 21.7. The summed E-state index contributed by atoms with van der Waals surface area (Å²) in [7, 11) is 1.82. The molecule has 3 aromatic rings. The fourth-order valence-electron chi connectivity index (χ4n) is 4.86. The predicted molar refractivity (Wildman–Crippen MR) is 127 cm³/mol. The van der Waals surface area contributed by atoms with Gasteiger partial charge in [-0.15, -0.1) is 0 Å². The summed E-state index contributed by atoms with van der Waals surface area (Å²) in [4.78, 5) is 2.60. The third-order valence-corrected chi connectivity index (χ3v) is 6.62. The van der Waals surface area contributed by atoms with Crippen LogP contribution in [0.25, 0.3) is 5.69 Å². The van der Waals surface area contributed by atoms with Gasteiger partial charge in [0.05, 0.1) is 17.8 Å². The van der Waals surface area contributed by atoms with E-state index in [4.69, 9.17) is 4.74 Å². The summed E-state index contributed by atoms with van der Waals surface area (Å²) < 4.78 is 7.85. The van der Waals surface area contributed by atoms with E-state index in [2.05, 4.69) is 82.4 Å². The molecule has 1 atom stereocenters. The Kier molecular flexibility index (Phi) is 6.73. The lowest BCUT2D eigenvalue weighted by molar-refractivity contribution is 0.110. The van der Waals surface area contributed by atoms with E-state index in [1.54, 1.807) is 0 Å². The molecule has 1 saturated heterocycles. The second-order valence-electron chi connectivity index (χ2n) is 8.63. The number of nitrogens with one attached hydrogen (secondary N) is 1. The first-order valence-electron chi connectivity index (χ1n) is 11.3. The minimum Gasteiger partial charge on any atom is -0.382 e. The lowest BCUT2D eigenvalue weighted by Gasteiger charge is -2.49. The lowest BCUT2D eigenvalue weighted by Crippen LogP contribution is -2.64. The fraction of sp³-hybridized carbons (Fsp3) is 0.423. The quantitative estimate of drug-likeness (QED) is 0.592. The molecular formula is C26H34N4O. The van der Waals surface area contributed by atoms with Gasteiger partial charge in [-0.2, -0.15) is 5.10 Å². The Hall–Kier alpha value is -2.63. The van der Waals surface area contributed by atoms with Crippen molar-refractivity contribution in [3.63, 3.8) is 0 Å². The van der Waals surface area contributed by atoms with Crippen molar-refractivity contribution in [2.75, 3.05) is 38.3 Å². The Morgan fingerprint density at radius 3 is 2.71 bits per heavy atom. The van der Waals surface area contributed by atoms with Crippen molar-refractivity contribution in [3.8, 4) is 5.69 Å². The van der Waals surface area contributed by atoms with Crippen molar-refractivity contribution in [3.05, 3.63) is 77.6 Å². The molecule has 0 spiro atoms. The predicted octanol–water partition coefficient (Wildman–Crippen LogP) is 4.31. The molecule has 31 heavy (non-hydrogen) atoms. The maximum Gasteiger partial charge on any atom is 0.0759 e.